The van der Waals surface area contributed by atoms with Crippen molar-refractivity contribution >= 4 is 27.9 Å². The Morgan fingerprint density at radius 1 is 1.44 bits per heavy atom. The minimum atomic E-state index is 0.214. The summed E-state index contributed by atoms with van der Waals surface area (Å²) in [6.45, 7) is 5.62. The number of hydrogen-bond acceptors (Lipinski definition) is 2. The number of carbonyl (C=O) groups excluding carboxylic acids is 1. The van der Waals surface area contributed by atoms with Crippen LogP contribution in [0.5, 0.6) is 0 Å². The molecule has 0 unspecified atom stereocenters. The molecule has 2 nitrogen and oxygen atoms in total. The van der Waals surface area contributed by atoms with Crippen molar-refractivity contribution in [3.63, 3.8) is 0 Å². The van der Waals surface area contributed by atoms with Gasteiger partial charge in [-0.25, -0.2) is 0 Å². The van der Waals surface area contributed by atoms with Gasteiger partial charge in [0.1, 0.15) is 6.29 Å². The molecule has 1 aromatic rings. The Morgan fingerprint density at radius 2 is 2.19 bits per heavy atom. The van der Waals surface area contributed by atoms with E-state index in [1.54, 1.807) is 0 Å². The van der Waals surface area contributed by atoms with E-state index in [2.05, 4.69) is 34.7 Å². The van der Waals surface area contributed by atoms with E-state index in [1.807, 2.05) is 18.2 Å². The van der Waals surface area contributed by atoms with Gasteiger partial charge in [0.05, 0.1) is 5.69 Å². The van der Waals surface area contributed by atoms with Crippen LogP contribution in [-0.4, -0.2) is 18.4 Å². The molecule has 1 aromatic carbocycles. The number of benzene rings is 1. The summed E-state index contributed by atoms with van der Waals surface area (Å²) in [5.41, 5.74) is 2.12. The van der Waals surface area contributed by atoms with Gasteiger partial charge in [-0.05, 0) is 60.8 Å². The number of carbonyl (C=O) groups is 1. The zero-order chi connectivity index (χ0) is 11.8. The Balaban J connectivity index is 2.37. The molecule has 3 heteroatoms. The molecule has 0 radical (unpaired) electrons. The Hall–Kier alpha value is -0.830. The molecule has 86 valence electrons. The lowest BCUT2D eigenvalue weighted by atomic mass is 10.0. The van der Waals surface area contributed by atoms with Gasteiger partial charge in [-0.1, -0.05) is 0 Å². The maximum Gasteiger partial charge on any atom is 0.150 e. The lowest BCUT2D eigenvalue weighted by Crippen LogP contribution is -2.38. The second kappa shape index (κ2) is 4.21. The first-order valence-corrected chi connectivity index (χ1v) is 6.36. The van der Waals surface area contributed by atoms with Gasteiger partial charge in [0.25, 0.3) is 0 Å². The first kappa shape index (κ1) is 11.6. The van der Waals surface area contributed by atoms with Crippen molar-refractivity contribution in [1.82, 2.24) is 0 Å². The van der Waals surface area contributed by atoms with Crippen molar-refractivity contribution in [3.05, 3.63) is 28.2 Å². The second-order valence-electron chi connectivity index (χ2n) is 4.90. The molecule has 1 heterocycles. The molecule has 1 saturated heterocycles. The lowest BCUT2D eigenvalue weighted by molar-refractivity contribution is 0.112. The van der Waals surface area contributed by atoms with Gasteiger partial charge in [0, 0.05) is 22.1 Å². The van der Waals surface area contributed by atoms with Crippen LogP contribution in [0.4, 0.5) is 5.69 Å². The monoisotopic (exact) mass is 281 g/mol. The molecule has 0 saturated carbocycles. The van der Waals surface area contributed by atoms with Gasteiger partial charge in [0.15, 0.2) is 0 Å². The quantitative estimate of drug-likeness (QED) is 0.772. The van der Waals surface area contributed by atoms with Crippen LogP contribution in [-0.2, 0) is 0 Å². The fourth-order valence-corrected chi connectivity index (χ4v) is 2.98. The van der Waals surface area contributed by atoms with Crippen molar-refractivity contribution in [2.45, 2.75) is 32.2 Å². The fourth-order valence-electron chi connectivity index (χ4n) is 2.37. The summed E-state index contributed by atoms with van der Waals surface area (Å²) in [6, 6.07) is 5.79. The second-order valence-corrected chi connectivity index (χ2v) is 5.75. The summed E-state index contributed by atoms with van der Waals surface area (Å²) >= 11 is 3.55. The van der Waals surface area contributed by atoms with Crippen LogP contribution in [0.25, 0.3) is 0 Å². The van der Waals surface area contributed by atoms with E-state index < -0.39 is 0 Å². The highest BCUT2D eigenvalue weighted by Crippen LogP contribution is 2.37. The smallest absolute Gasteiger partial charge is 0.150 e. The van der Waals surface area contributed by atoms with Gasteiger partial charge in [-0.3, -0.25) is 4.79 Å². The van der Waals surface area contributed by atoms with Crippen molar-refractivity contribution < 1.29 is 4.79 Å². The summed E-state index contributed by atoms with van der Waals surface area (Å²) in [5, 5.41) is 0. The molecule has 1 aliphatic rings. The first-order chi connectivity index (χ1) is 7.54. The molecular formula is C13H16BrNO. The number of aldehydes is 1. The highest BCUT2D eigenvalue weighted by molar-refractivity contribution is 9.10. The van der Waals surface area contributed by atoms with Crippen LogP contribution in [0, 0.1) is 0 Å². The highest BCUT2D eigenvalue weighted by Gasteiger charge is 2.32. The van der Waals surface area contributed by atoms with Crippen molar-refractivity contribution in [1.29, 1.82) is 0 Å². The van der Waals surface area contributed by atoms with Crippen molar-refractivity contribution in [2.24, 2.45) is 0 Å². The molecule has 0 atom stereocenters. The standard InChI is InChI=1S/C13H16BrNO/c1-13(2)6-3-7-15(13)12-5-4-10(9-16)8-11(12)14/h4-5,8-9H,3,6-7H2,1-2H3. The Bertz CT molecular complexity index is 414. The first-order valence-electron chi connectivity index (χ1n) is 5.57. The number of anilines is 1. The number of nitrogens with zero attached hydrogens (tertiary/aromatic N) is 1. The molecule has 0 aliphatic carbocycles. The maximum atomic E-state index is 10.7. The topological polar surface area (TPSA) is 20.3 Å². The van der Waals surface area contributed by atoms with E-state index in [0.29, 0.717) is 5.56 Å². The van der Waals surface area contributed by atoms with Gasteiger partial charge in [-0.15, -0.1) is 0 Å². The lowest BCUT2D eigenvalue weighted by Gasteiger charge is -2.34. The summed E-state index contributed by atoms with van der Waals surface area (Å²) in [4.78, 5) is 13.1. The molecule has 1 fully saturated rings. The van der Waals surface area contributed by atoms with Gasteiger partial charge in [-0.2, -0.15) is 0 Å². The zero-order valence-corrected chi connectivity index (χ0v) is 11.3. The van der Waals surface area contributed by atoms with E-state index in [1.165, 1.54) is 18.5 Å². The Labute approximate surface area is 105 Å². The predicted molar refractivity (Wildman–Crippen MR) is 70.2 cm³/mol. The van der Waals surface area contributed by atoms with E-state index in [4.69, 9.17) is 0 Å². The average molecular weight is 282 g/mol. The van der Waals surface area contributed by atoms with E-state index in [9.17, 15) is 4.79 Å². The summed E-state index contributed by atoms with van der Waals surface area (Å²) in [5.74, 6) is 0. The SMILES string of the molecule is CC1(C)CCCN1c1ccc(C=O)cc1Br. The van der Waals surface area contributed by atoms with Crippen LogP contribution in [0.2, 0.25) is 0 Å². The van der Waals surface area contributed by atoms with Crippen molar-refractivity contribution in [2.75, 3.05) is 11.4 Å². The number of hydrogen-bond donors (Lipinski definition) is 0. The summed E-state index contributed by atoms with van der Waals surface area (Å²) < 4.78 is 1.01. The zero-order valence-electron chi connectivity index (χ0n) is 9.66. The number of rotatable bonds is 2. The maximum absolute atomic E-state index is 10.7. The van der Waals surface area contributed by atoms with Crippen LogP contribution in [0.15, 0.2) is 22.7 Å². The number of halogens is 1. The molecule has 1 aliphatic heterocycles. The third-order valence-corrected chi connectivity index (χ3v) is 3.93. The Kier molecular flexibility index (Phi) is 3.06. The van der Waals surface area contributed by atoms with E-state index >= 15 is 0 Å². The molecule has 0 bridgehead atoms. The largest absolute Gasteiger partial charge is 0.366 e. The predicted octanol–water partition coefficient (Wildman–Crippen LogP) is 3.64. The van der Waals surface area contributed by atoms with E-state index in [-0.39, 0.29) is 5.54 Å². The summed E-state index contributed by atoms with van der Waals surface area (Å²) in [7, 11) is 0. The highest BCUT2D eigenvalue weighted by atomic mass is 79.9. The van der Waals surface area contributed by atoms with Crippen LogP contribution < -0.4 is 4.90 Å². The third kappa shape index (κ3) is 2.01. The van der Waals surface area contributed by atoms with Crippen molar-refractivity contribution in [3.8, 4) is 0 Å². The third-order valence-electron chi connectivity index (χ3n) is 3.30. The van der Waals surface area contributed by atoms with Gasteiger partial charge >= 0.3 is 0 Å². The fraction of sp³-hybridized carbons (Fsp3) is 0.462. The molecule has 0 spiro atoms. The van der Waals surface area contributed by atoms with Crippen LogP contribution >= 0.6 is 15.9 Å². The molecule has 0 aromatic heterocycles. The van der Waals surface area contributed by atoms with Gasteiger partial charge < -0.3 is 4.90 Å². The summed E-state index contributed by atoms with van der Waals surface area (Å²) in [6.07, 6.45) is 3.33. The van der Waals surface area contributed by atoms with Crippen LogP contribution in [0.3, 0.4) is 0 Å². The van der Waals surface area contributed by atoms with E-state index in [0.717, 1.165) is 17.3 Å². The Morgan fingerprint density at radius 3 is 2.69 bits per heavy atom. The molecule has 0 amide bonds. The molecule has 16 heavy (non-hydrogen) atoms. The van der Waals surface area contributed by atoms with Gasteiger partial charge in [0.2, 0.25) is 0 Å². The molecular weight excluding hydrogens is 266 g/mol. The minimum absolute atomic E-state index is 0.214. The average Bonchev–Trinajstić information content (AvgIpc) is 2.58. The minimum Gasteiger partial charge on any atom is -0.366 e. The normalized spacial score (nSPS) is 18.8. The molecule has 2 rings (SSSR count). The molecule has 0 N–H and O–H groups in total. The van der Waals surface area contributed by atoms with Crippen LogP contribution in [0.1, 0.15) is 37.0 Å².